The van der Waals surface area contributed by atoms with Gasteiger partial charge >= 0.3 is 15.6 Å². The van der Waals surface area contributed by atoms with E-state index in [1.807, 2.05) is 0 Å². The highest BCUT2D eigenvalue weighted by atomic mass is 32.2. The van der Waals surface area contributed by atoms with Crippen molar-refractivity contribution < 1.29 is 30.2 Å². The fourth-order valence-corrected chi connectivity index (χ4v) is 10.9. The standard InChI is InChI=1S/C39H55F3O4SSi/c1-38(2,3)48(36-30-24-22-25-31-36,37-32-26-23-27-33-37)46-35-29-21-19-17-15-13-11-9-7-5-4-6-8-10-12-14-16-18-20-28-34-45-47(43,44)39(40,41)42/h22-27,30-33H,8-21,28-29,34-35H2,1-3H3. The lowest BCUT2D eigenvalue weighted by atomic mass is 10.1. The smallest absolute Gasteiger partial charge is 0.407 e. The van der Waals surface area contributed by atoms with Gasteiger partial charge in [-0.15, -0.1) is 0 Å². The number of unbranched alkanes of at least 4 members (excludes halogenated alkanes) is 14. The van der Waals surface area contributed by atoms with Gasteiger partial charge < -0.3 is 4.43 Å². The zero-order valence-electron chi connectivity index (χ0n) is 29.2. The second kappa shape index (κ2) is 22.2. The Morgan fingerprint density at radius 2 is 0.958 bits per heavy atom. The van der Waals surface area contributed by atoms with Crippen molar-refractivity contribution in [1.82, 2.24) is 0 Å². The van der Waals surface area contributed by atoms with Gasteiger partial charge in [0.25, 0.3) is 8.32 Å². The molecule has 2 rings (SSSR count). The molecule has 0 saturated heterocycles. The summed E-state index contributed by atoms with van der Waals surface area (Å²) in [5.41, 5.74) is -5.35. The first-order valence-corrected chi connectivity index (χ1v) is 20.9. The number of halogens is 3. The molecular formula is C39H55F3O4SSi. The molecule has 0 spiro atoms. The van der Waals surface area contributed by atoms with Crippen LogP contribution in [0.5, 0.6) is 0 Å². The van der Waals surface area contributed by atoms with E-state index in [0.717, 1.165) is 64.4 Å². The fourth-order valence-electron chi connectivity index (χ4n) is 5.83. The van der Waals surface area contributed by atoms with Crippen molar-refractivity contribution in [3.8, 4) is 23.7 Å². The number of hydrogen-bond donors (Lipinski definition) is 0. The molecule has 0 saturated carbocycles. The summed E-state index contributed by atoms with van der Waals surface area (Å²) in [7, 11) is -7.90. The summed E-state index contributed by atoms with van der Waals surface area (Å²) < 4.78 is 69.1. The third-order valence-electron chi connectivity index (χ3n) is 8.39. The molecule has 0 bridgehead atoms. The maximum absolute atomic E-state index is 12.2. The van der Waals surface area contributed by atoms with E-state index in [9.17, 15) is 21.6 Å². The second-order valence-electron chi connectivity index (χ2n) is 13.3. The van der Waals surface area contributed by atoms with Gasteiger partial charge in [-0.3, -0.25) is 4.18 Å². The minimum Gasteiger partial charge on any atom is -0.407 e. The van der Waals surface area contributed by atoms with E-state index in [4.69, 9.17) is 4.43 Å². The zero-order chi connectivity index (χ0) is 35.2. The van der Waals surface area contributed by atoms with Gasteiger partial charge in [-0.05, 0) is 52.9 Å². The number of alkyl halides is 3. The third kappa shape index (κ3) is 14.9. The van der Waals surface area contributed by atoms with Gasteiger partial charge in [-0.2, -0.15) is 21.6 Å². The lowest BCUT2D eigenvalue weighted by Gasteiger charge is -2.43. The highest BCUT2D eigenvalue weighted by Gasteiger charge is 2.50. The highest BCUT2D eigenvalue weighted by Crippen LogP contribution is 2.37. The Kier molecular flexibility index (Phi) is 19.3. The van der Waals surface area contributed by atoms with Gasteiger partial charge in [0.1, 0.15) is 0 Å². The van der Waals surface area contributed by atoms with E-state index in [0.29, 0.717) is 12.8 Å². The van der Waals surface area contributed by atoms with Crippen LogP contribution in [0.1, 0.15) is 124 Å². The van der Waals surface area contributed by atoms with Crippen molar-refractivity contribution in [3.05, 3.63) is 60.7 Å². The zero-order valence-corrected chi connectivity index (χ0v) is 31.0. The Labute approximate surface area is 289 Å². The molecule has 0 aromatic heterocycles. The molecule has 0 aliphatic rings. The summed E-state index contributed by atoms with van der Waals surface area (Å²) in [6.07, 6.45) is 15.7. The predicted octanol–water partition coefficient (Wildman–Crippen LogP) is 9.68. The van der Waals surface area contributed by atoms with Crippen LogP contribution in [-0.2, 0) is 18.7 Å². The van der Waals surface area contributed by atoms with Crippen LogP contribution in [0.4, 0.5) is 13.2 Å². The predicted molar refractivity (Wildman–Crippen MR) is 194 cm³/mol. The molecule has 0 amide bonds. The molecule has 266 valence electrons. The molecule has 0 aliphatic heterocycles. The molecule has 0 radical (unpaired) electrons. The van der Waals surface area contributed by atoms with E-state index >= 15 is 0 Å². The molecule has 4 nitrogen and oxygen atoms in total. The summed E-state index contributed by atoms with van der Waals surface area (Å²) in [5, 5.41) is 2.68. The van der Waals surface area contributed by atoms with Crippen LogP contribution < -0.4 is 10.4 Å². The maximum atomic E-state index is 12.2. The summed E-state index contributed by atoms with van der Waals surface area (Å²) in [6, 6.07) is 21.7. The Hall–Kier alpha value is -2.56. The largest absolute Gasteiger partial charge is 0.523 e. The van der Waals surface area contributed by atoms with Crippen molar-refractivity contribution in [2.45, 2.75) is 134 Å². The van der Waals surface area contributed by atoms with Crippen LogP contribution in [-0.4, -0.2) is 35.5 Å². The first-order valence-electron chi connectivity index (χ1n) is 17.6. The van der Waals surface area contributed by atoms with Gasteiger partial charge in [-0.1, -0.05) is 157 Å². The minimum absolute atomic E-state index is 0.0125. The molecule has 0 aliphatic carbocycles. The monoisotopic (exact) mass is 704 g/mol. The van der Waals surface area contributed by atoms with Crippen molar-refractivity contribution >= 4 is 28.8 Å². The lowest BCUT2D eigenvalue weighted by molar-refractivity contribution is -0.0542. The molecule has 0 unspecified atom stereocenters. The van der Waals surface area contributed by atoms with Crippen LogP contribution >= 0.6 is 0 Å². The molecule has 9 heteroatoms. The number of hydrogen-bond acceptors (Lipinski definition) is 4. The van der Waals surface area contributed by atoms with Crippen LogP contribution in [0.3, 0.4) is 0 Å². The molecule has 2 aromatic carbocycles. The molecule has 0 atom stereocenters. The average Bonchev–Trinajstić information content (AvgIpc) is 3.04. The summed E-state index contributed by atoms with van der Waals surface area (Å²) >= 11 is 0. The lowest BCUT2D eigenvalue weighted by Crippen LogP contribution is -2.66. The van der Waals surface area contributed by atoms with Crippen LogP contribution in [0.2, 0.25) is 5.04 Å². The molecular weight excluding hydrogens is 650 g/mol. The number of benzene rings is 2. The second-order valence-corrected chi connectivity index (χ2v) is 19.2. The normalized spacial score (nSPS) is 12.2. The van der Waals surface area contributed by atoms with Crippen molar-refractivity contribution in [3.63, 3.8) is 0 Å². The van der Waals surface area contributed by atoms with Gasteiger partial charge in [0.05, 0.1) is 6.61 Å². The Bertz CT molecular complexity index is 1340. The van der Waals surface area contributed by atoms with Crippen LogP contribution in [0.15, 0.2) is 60.7 Å². The summed E-state index contributed by atoms with van der Waals surface area (Å²) in [6.45, 7) is 7.33. The third-order valence-corrected chi connectivity index (χ3v) is 14.5. The van der Waals surface area contributed by atoms with E-state index < -0.39 is 30.6 Å². The van der Waals surface area contributed by atoms with Crippen LogP contribution in [0.25, 0.3) is 0 Å². The Balaban J connectivity index is 1.49. The minimum atomic E-state index is -5.47. The Morgan fingerprint density at radius 1 is 0.583 bits per heavy atom. The van der Waals surface area contributed by atoms with E-state index in [1.54, 1.807) is 0 Å². The van der Waals surface area contributed by atoms with Gasteiger partial charge in [0.15, 0.2) is 0 Å². The molecule has 0 N–H and O–H groups in total. The first kappa shape index (κ1) is 41.6. The SMILES string of the molecule is CC(C)(C)[Si](OCCCCCCCCCC#CC#CCCCCCCCCCOS(=O)(=O)C(F)(F)F)(c1ccccc1)c1ccccc1. The van der Waals surface area contributed by atoms with Crippen molar-refractivity contribution in [1.29, 1.82) is 0 Å². The molecule has 48 heavy (non-hydrogen) atoms. The van der Waals surface area contributed by atoms with E-state index in [2.05, 4.69) is 109 Å². The summed E-state index contributed by atoms with van der Waals surface area (Å²) in [4.78, 5) is 0. The number of rotatable bonds is 22. The van der Waals surface area contributed by atoms with Crippen molar-refractivity contribution in [2.75, 3.05) is 13.2 Å². The quantitative estimate of drug-likeness (QED) is 0.0403. The van der Waals surface area contributed by atoms with Crippen molar-refractivity contribution in [2.24, 2.45) is 0 Å². The molecule has 2 aromatic rings. The topological polar surface area (TPSA) is 52.6 Å². The van der Waals surface area contributed by atoms with Gasteiger partial charge in [0.2, 0.25) is 0 Å². The molecule has 0 heterocycles. The van der Waals surface area contributed by atoms with E-state index in [1.165, 1.54) is 42.5 Å². The van der Waals surface area contributed by atoms with Gasteiger partial charge in [0, 0.05) is 19.4 Å². The Morgan fingerprint density at radius 3 is 1.35 bits per heavy atom. The highest BCUT2D eigenvalue weighted by molar-refractivity contribution is 7.87. The first-order chi connectivity index (χ1) is 22.9. The van der Waals surface area contributed by atoms with Crippen LogP contribution in [0, 0.1) is 23.7 Å². The summed E-state index contributed by atoms with van der Waals surface area (Å²) in [5.74, 6) is 12.2. The van der Waals surface area contributed by atoms with E-state index in [-0.39, 0.29) is 5.04 Å². The fraction of sp³-hybridized carbons (Fsp3) is 0.590. The maximum Gasteiger partial charge on any atom is 0.523 e. The van der Waals surface area contributed by atoms with Gasteiger partial charge in [-0.25, -0.2) is 0 Å². The molecule has 0 fully saturated rings. The average molecular weight is 705 g/mol.